The fourth-order valence-corrected chi connectivity index (χ4v) is 5.00. The lowest BCUT2D eigenvalue weighted by molar-refractivity contribution is -0.926. The van der Waals surface area contributed by atoms with E-state index in [2.05, 4.69) is 29.6 Å². The predicted molar refractivity (Wildman–Crippen MR) is 116 cm³/mol. The molecule has 5 atom stereocenters. The molecule has 0 spiro atoms. The Morgan fingerprint density at radius 1 is 1.07 bits per heavy atom. The van der Waals surface area contributed by atoms with Crippen LogP contribution in [0.2, 0.25) is 0 Å². The Bertz CT molecular complexity index is 870. The van der Waals surface area contributed by atoms with E-state index >= 15 is 0 Å². The third-order valence-corrected chi connectivity index (χ3v) is 6.96. The zero-order chi connectivity index (χ0) is 20.4. The topological polar surface area (TPSA) is 57.0 Å². The number of fused-ring (bicyclic) bond motifs is 2. The minimum absolute atomic E-state index is 0.131. The molecule has 0 amide bonds. The van der Waals surface area contributed by atoms with E-state index in [4.69, 9.17) is 9.47 Å². The Hall–Kier alpha value is -1.93. The highest BCUT2D eigenvalue weighted by Crippen LogP contribution is 2.31. The SMILES string of the molecule is C[NH+]1[C@H]2CC[C@@H]1[C@@H](C(=O)OCc1ccccc1)[C@@H](OC(=O)c1ccc(I)cc1)C2. The Balaban J connectivity index is 1.49. The molecule has 2 aromatic rings. The highest BCUT2D eigenvalue weighted by atomic mass is 127. The molecule has 2 bridgehead atoms. The molecule has 0 radical (unpaired) electrons. The van der Waals surface area contributed by atoms with Crippen LogP contribution in [0.3, 0.4) is 0 Å². The molecule has 2 aliphatic rings. The van der Waals surface area contributed by atoms with Crippen molar-refractivity contribution in [2.75, 3.05) is 7.05 Å². The normalized spacial score (nSPS) is 28.0. The van der Waals surface area contributed by atoms with Gasteiger partial charge in [-0.3, -0.25) is 4.79 Å². The molecule has 6 heteroatoms. The molecular formula is C23H25INO4+. The third-order valence-electron chi connectivity index (χ3n) is 6.24. The van der Waals surface area contributed by atoms with Crippen LogP contribution in [-0.2, 0) is 20.9 Å². The molecule has 0 saturated carbocycles. The number of nitrogens with one attached hydrogen (secondary N) is 1. The van der Waals surface area contributed by atoms with E-state index in [-0.39, 0.29) is 24.6 Å². The summed E-state index contributed by atoms with van der Waals surface area (Å²) in [5.41, 5.74) is 1.47. The minimum Gasteiger partial charge on any atom is -0.460 e. The predicted octanol–water partition coefficient (Wildman–Crippen LogP) is 2.63. The maximum atomic E-state index is 13.1. The number of carbonyl (C=O) groups excluding carboxylic acids is 2. The summed E-state index contributed by atoms with van der Waals surface area (Å²) in [4.78, 5) is 27.1. The first-order valence-corrected chi connectivity index (χ1v) is 11.1. The van der Waals surface area contributed by atoms with Gasteiger partial charge < -0.3 is 14.4 Å². The Morgan fingerprint density at radius 3 is 2.52 bits per heavy atom. The van der Waals surface area contributed by atoms with E-state index in [1.807, 2.05) is 42.5 Å². The van der Waals surface area contributed by atoms with Crippen molar-refractivity contribution in [2.24, 2.45) is 5.92 Å². The van der Waals surface area contributed by atoms with E-state index < -0.39 is 12.0 Å². The van der Waals surface area contributed by atoms with E-state index in [1.165, 1.54) is 4.90 Å². The molecule has 5 nitrogen and oxygen atoms in total. The van der Waals surface area contributed by atoms with Crippen LogP contribution >= 0.6 is 22.6 Å². The second-order valence-corrected chi connectivity index (χ2v) is 9.18. The van der Waals surface area contributed by atoms with Crippen molar-refractivity contribution in [1.82, 2.24) is 0 Å². The number of rotatable bonds is 5. The molecule has 29 heavy (non-hydrogen) atoms. The van der Waals surface area contributed by atoms with Crippen LogP contribution in [0.25, 0.3) is 0 Å². The van der Waals surface area contributed by atoms with Crippen molar-refractivity contribution in [1.29, 1.82) is 0 Å². The van der Waals surface area contributed by atoms with Crippen LogP contribution in [0.1, 0.15) is 35.2 Å². The third kappa shape index (κ3) is 4.48. The molecule has 152 valence electrons. The van der Waals surface area contributed by atoms with Gasteiger partial charge in [-0.1, -0.05) is 30.3 Å². The number of ether oxygens (including phenoxy) is 2. The van der Waals surface area contributed by atoms with Crippen molar-refractivity contribution in [2.45, 2.75) is 44.1 Å². The second kappa shape index (κ2) is 8.83. The van der Waals surface area contributed by atoms with E-state index in [9.17, 15) is 9.59 Å². The molecule has 2 saturated heterocycles. The van der Waals surface area contributed by atoms with Crippen molar-refractivity contribution in [3.8, 4) is 0 Å². The smallest absolute Gasteiger partial charge is 0.338 e. The van der Waals surface area contributed by atoms with Crippen LogP contribution < -0.4 is 4.90 Å². The number of hydrogen-bond acceptors (Lipinski definition) is 4. The van der Waals surface area contributed by atoms with Crippen molar-refractivity contribution in [3.63, 3.8) is 0 Å². The monoisotopic (exact) mass is 506 g/mol. The maximum Gasteiger partial charge on any atom is 0.338 e. The van der Waals surface area contributed by atoms with Gasteiger partial charge in [0, 0.05) is 22.8 Å². The van der Waals surface area contributed by atoms with Crippen molar-refractivity contribution < 1.29 is 24.0 Å². The molecule has 2 aromatic carbocycles. The maximum absolute atomic E-state index is 13.1. The van der Waals surface area contributed by atoms with Crippen molar-refractivity contribution >= 4 is 34.5 Å². The number of benzene rings is 2. The quantitative estimate of drug-likeness (QED) is 0.501. The van der Waals surface area contributed by atoms with Gasteiger partial charge in [-0.2, -0.15) is 0 Å². The molecule has 2 fully saturated rings. The summed E-state index contributed by atoms with van der Waals surface area (Å²) in [7, 11) is 2.14. The van der Waals surface area contributed by atoms with Crippen LogP contribution in [0.15, 0.2) is 54.6 Å². The fourth-order valence-electron chi connectivity index (χ4n) is 4.65. The van der Waals surface area contributed by atoms with Crippen LogP contribution in [0.4, 0.5) is 0 Å². The number of carbonyl (C=O) groups is 2. The van der Waals surface area contributed by atoms with Gasteiger partial charge in [0.15, 0.2) is 0 Å². The van der Waals surface area contributed by atoms with Crippen LogP contribution in [-0.4, -0.2) is 37.2 Å². The van der Waals surface area contributed by atoms with Gasteiger partial charge in [-0.15, -0.1) is 0 Å². The first-order valence-electron chi connectivity index (χ1n) is 10.0. The summed E-state index contributed by atoms with van der Waals surface area (Å²) in [6, 6.07) is 17.5. The largest absolute Gasteiger partial charge is 0.460 e. The summed E-state index contributed by atoms with van der Waals surface area (Å²) in [5, 5.41) is 0. The van der Waals surface area contributed by atoms with Gasteiger partial charge in [-0.05, 0) is 52.4 Å². The molecule has 1 unspecified atom stereocenters. The lowest BCUT2D eigenvalue weighted by atomic mass is 9.87. The Labute approximate surface area is 184 Å². The van der Waals surface area contributed by atoms with Gasteiger partial charge in [-0.25, -0.2) is 4.79 Å². The van der Waals surface area contributed by atoms with Gasteiger partial charge in [0.25, 0.3) is 0 Å². The molecule has 0 aliphatic carbocycles. The minimum atomic E-state index is -0.439. The molecule has 1 N–H and O–H groups in total. The van der Waals surface area contributed by atoms with E-state index in [1.54, 1.807) is 12.1 Å². The lowest BCUT2D eigenvalue weighted by Gasteiger charge is -2.38. The molecular weight excluding hydrogens is 481 g/mol. The Morgan fingerprint density at radius 2 is 1.79 bits per heavy atom. The standard InChI is InChI=1S/C23H24INO4/c1-25-18-11-12-19(25)21(23(27)28-14-15-5-3-2-4-6-15)20(13-18)29-22(26)16-7-9-17(24)10-8-16/h2-10,18-21H,11-14H2,1H3/p+1/t18-,19+,20-,21+/m0/s1. The highest BCUT2D eigenvalue weighted by molar-refractivity contribution is 14.1. The zero-order valence-electron chi connectivity index (χ0n) is 16.3. The first kappa shape index (κ1) is 20.3. The number of hydrogen-bond donors (Lipinski definition) is 1. The van der Waals surface area contributed by atoms with Gasteiger partial charge >= 0.3 is 11.9 Å². The number of quaternary nitrogens is 1. The Kier molecular flexibility index (Phi) is 6.20. The van der Waals surface area contributed by atoms with Crippen LogP contribution in [0, 0.1) is 9.49 Å². The van der Waals surface area contributed by atoms with Gasteiger partial charge in [0.1, 0.15) is 24.7 Å². The molecule has 0 aromatic heterocycles. The summed E-state index contributed by atoms with van der Waals surface area (Å²) in [6.45, 7) is 0.239. The number of esters is 2. The second-order valence-electron chi connectivity index (χ2n) is 7.93. The molecule has 2 aliphatic heterocycles. The van der Waals surface area contributed by atoms with Gasteiger partial charge in [0.2, 0.25) is 0 Å². The number of piperidine rings is 1. The molecule has 2 heterocycles. The summed E-state index contributed by atoms with van der Waals surface area (Å²) in [5.74, 6) is -1.06. The zero-order valence-corrected chi connectivity index (χ0v) is 18.5. The fraction of sp³-hybridized carbons (Fsp3) is 0.391. The summed E-state index contributed by atoms with van der Waals surface area (Å²) < 4.78 is 12.6. The van der Waals surface area contributed by atoms with Crippen molar-refractivity contribution in [3.05, 3.63) is 69.3 Å². The number of halogens is 1. The summed E-state index contributed by atoms with van der Waals surface area (Å²) in [6.07, 6.45) is 2.27. The molecule has 4 rings (SSSR count). The van der Waals surface area contributed by atoms with E-state index in [0.717, 1.165) is 22.0 Å². The van der Waals surface area contributed by atoms with Gasteiger partial charge in [0.05, 0.1) is 18.7 Å². The van der Waals surface area contributed by atoms with Crippen LogP contribution in [0.5, 0.6) is 0 Å². The lowest BCUT2D eigenvalue weighted by Crippen LogP contribution is -3.16. The average molecular weight is 506 g/mol. The van der Waals surface area contributed by atoms with E-state index in [0.29, 0.717) is 18.0 Å². The first-order chi connectivity index (χ1) is 14.0. The average Bonchev–Trinajstić information content (AvgIpc) is 2.96. The summed E-state index contributed by atoms with van der Waals surface area (Å²) >= 11 is 2.20. The highest BCUT2D eigenvalue weighted by Gasteiger charge is 2.54.